The van der Waals surface area contributed by atoms with Crippen LogP contribution in [0.25, 0.3) is 0 Å². The van der Waals surface area contributed by atoms with Crippen LogP contribution in [0, 0.1) is 0 Å². The first-order valence-corrected chi connectivity index (χ1v) is 7.48. The largest absolute Gasteiger partial charge is 0.507 e. The number of carbonyl (C=O) groups is 2. The molecule has 7 heteroatoms. The quantitative estimate of drug-likeness (QED) is 0.564. The number of aliphatic hydroxyl groups is 1. The van der Waals surface area contributed by atoms with Gasteiger partial charge in [-0.15, -0.1) is 0 Å². The standard InChI is InChI=1S/C17H13ClO6/c1-6(19)2-7-3-8-12(10(20)4-7)16(23)13-9(15(8)22)5-11(21)14(18)17(13)24/h3-6,19-21,24H,2H2,1H3. The first kappa shape index (κ1) is 16.3. The van der Waals surface area contributed by atoms with Crippen molar-refractivity contribution in [1.29, 1.82) is 0 Å². The first-order valence-electron chi connectivity index (χ1n) is 7.10. The Morgan fingerprint density at radius 1 is 0.958 bits per heavy atom. The second-order valence-electron chi connectivity index (χ2n) is 5.73. The van der Waals surface area contributed by atoms with Crippen LogP contribution >= 0.6 is 11.6 Å². The third-order valence-electron chi connectivity index (χ3n) is 3.87. The highest BCUT2D eigenvalue weighted by Crippen LogP contribution is 2.43. The maximum Gasteiger partial charge on any atom is 0.202 e. The number of hydrogen-bond donors (Lipinski definition) is 4. The fourth-order valence-corrected chi connectivity index (χ4v) is 3.02. The monoisotopic (exact) mass is 348 g/mol. The summed E-state index contributed by atoms with van der Waals surface area (Å²) in [5.74, 6) is -3.05. The number of aliphatic hydroxyl groups excluding tert-OH is 1. The number of rotatable bonds is 2. The Bertz CT molecular complexity index is 901. The average molecular weight is 349 g/mol. The molecule has 0 heterocycles. The van der Waals surface area contributed by atoms with Crippen LogP contribution in [0.3, 0.4) is 0 Å². The van der Waals surface area contributed by atoms with E-state index in [0.29, 0.717) is 5.56 Å². The molecule has 1 unspecified atom stereocenters. The Kier molecular flexibility index (Phi) is 3.74. The molecule has 3 rings (SSSR count). The molecule has 0 bridgehead atoms. The molecule has 0 aromatic heterocycles. The van der Waals surface area contributed by atoms with Crippen molar-refractivity contribution in [3.8, 4) is 17.2 Å². The van der Waals surface area contributed by atoms with Gasteiger partial charge in [-0.1, -0.05) is 11.6 Å². The molecule has 0 saturated heterocycles. The van der Waals surface area contributed by atoms with E-state index in [4.69, 9.17) is 11.6 Å². The molecule has 1 aliphatic carbocycles. The maximum atomic E-state index is 12.7. The molecule has 124 valence electrons. The number of hydrogen-bond acceptors (Lipinski definition) is 6. The van der Waals surface area contributed by atoms with Crippen molar-refractivity contribution in [2.75, 3.05) is 0 Å². The van der Waals surface area contributed by atoms with Crippen molar-refractivity contribution in [1.82, 2.24) is 0 Å². The predicted octanol–water partition coefficient (Wildman–Crippen LogP) is 2.16. The Hall–Kier alpha value is -2.57. The smallest absolute Gasteiger partial charge is 0.202 e. The molecule has 1 atom stereocenters. The zero-order chi connectivity index (χ0) is 17.8. The van der Waals surface area contributed by atoms with Crippen LogP contribution in [0.2, 0.25) is 5.02 Å². The summed E-state index contributed by atoms with van der Waals surface area (Å²) in [6.45, 7) is 1.55. The Balaban J connectivity index is 2.27. The summed E-state index contributed by atoms with van der Waals surface area (Å²) >= 11 is 5.72. The van der Waals surface area contributed by atoms with E-state index in [0.717, 1.165) is 6.07 Å². The molecule has 0 fully saturated rings. The van der Waals surface area contributed by atoms with Crippen molar-refractivity contribution >= 4 is 23.2 Å². The number of phenolic OH excluding ortho intramolecular Hbond substituents is 3. The van der Waals surface area contributed by atoms with Crippen LogP contribution in [0.15, 0.2) is 18.2 Å². The third kappa shape index (κ3) is 2.31. The van der Waals surface area contributed by atoms with Gasteiger partial charge in [0.05, 0.1) is 17.2 Å². The molecular weight excluding hydrogens is 336 g/mol. The Morgan fingerprint density at radius 3 is 2.21 bits per heavy atom. The maximum absolute atomic E-state index is 12.7. The lowest BCUT2D eigenvalue weighted by Crippen LogP contribution is -2.22. The van der Waals surface area contributed by atoms with Crippen LogP contribution in [-0.2, 0) is 6.42 Å². The second kappa shape index (κ2) is 5.51. The molecule has 1 aliphatic rings. The molecule has 0 saturated carbocycles. The molecular formula is C17H13ClO6. The molecule has 0 aliphatic heterocycles. The van der Waals surface area contributed by atoms with Crippen molar-refractivity contribution in [3.05, 3.63) is 51.0 Å². The fourth-order valence-electron chi connectivity index (χ4n) is 2.87. The highest BCUT2D eigenvalue weighted by atomic mass is 35.5. The SMILES string of the molecule is CC(O)Cc1cc(O)c2c(c1)C(=O)c1cc(O)c(Cl)c(O)c1C2=O. The minimum Gasteiger partial charge on any atom is -0.507 e. The van der Waals surface area contributed by atoms with Gasteiger partial charge < -0.3 is 20.4 Å². The predicted molar refractivity (Wildman–Crippen MR) is 85.1 cm³/mol. The minimum absolute atomic E-state index is 0.0516. The summed E-state index contributed by atoms with van der Waals surface area (Å²) in [4.78, 5) is 25.3. The van der Waals surface area contributed by atoms with Gasteiger partial charge in [0.25, 0.3) is 0 Å². The van der Waals surface area contributed by atoms with Crippen LogP contribution in [0.1, 0.15) is 44.3 Å². The number of carbonyl (C=O) groups excluding carboxylic acids is 2. The summed E-state index contributed by atoms with van der Waals surface area (Å²) in [5, 5.41) is 38.9. The van der Waals surface area contributed by atoms with E-state index in [9.17, 15) is 30.0 Å². The van der Waals surface area contributed by atoms with Crippen LogP contribution in [0.4, 0.5) is 0 Å². The zero-order valence-corrected chi connectivity index (χ0v) is 13.3. The van der Waals surface area contributed by atoms with E-state index in [1.54, 1.807) is 6.92 Å². The zero-order valence-electron chi connectivity index (χ0n) is 12.5. The molecule has 2 aromatic carbocycles. The highest BCUT2D eigenvalue weighted by Gasteiger charge is 2.36. The van der Waals surface area contributed by atoms with Gasteiger partial charge in [0.2, 0.25) is 5.78 Å². The molecule has 6 nitrogen and oxygen atoms in total. The van der Waals surface area contributed by atoms with E-state index >= 15 is 0 Å². The molecule has 0 radical (unpaired) electrons. The van der Waals surface area contributed by atoms with Crippen molar-refractivity contribution in [3.63, 3.8) is 0 Å². The number of ketones is 2. The van der Waals surface area contributed by atoms with Crippen LogP contribution in [0.5, 0.6) is 17.2 Å². The number of fused-ring (bicyclic) bond motifs is 2. The number of benzene rings is 2. The topological polar surface area (TPSA) is 115 Å². The number of aromatic hydroxyl groups is 3. The van der Waals surface area contributed by atoms with Crippen molar-refractivity contribution in [2.45, 2.75) is 19.4 Å². The van der Waals surface area contributed by atoms with E-state index < -0.39 is 39.9 Å². The number of phenols is 3. The van der Waals surface area contributed by atoms with E-state index in [-0.39, 0.29) is 28.7 Å². The van der Waals surface area contributed by atoms with Gasteiger partial charge in [-0.3, -0.25) is 9.59 Å². The number of halogens is 1. The molecule has 2 aromatic rings. The summed E-state index contributed by atoms with van der Waals surface area (Å²) in [6.07, 6.45) is -0.511. The van der Waals surface area contributed by atoms with Gasteiger partial charge in [0.1, 0.15) is 22.3 Å². The van der Waals surface area contributed by atoms with E-state index in [2.05, 4.69) is 0 Å². The van der Waals surface area contributed by atoms with Crippen LogP contribution < -0.4 is 0 Å². The average Bonchev–Trinajstić information content (AvgIpc) is 2.48. The summed E-state index contributed by atoms with van der Waals surface area (Å²) in [5.41, 5.74) is -0.356. The summed E-state index contributed by atoms with van der Waals surface area (Å²) < 4.78 is 0. The summed E-state index contributed by atoms with van der Waals surface area (Å²) in [6, 6.07) is 3.72. The van der Waals surface area contributed by atoms with Gasteiger partial charge >= 0.3 is 0 Å². The fraction of sp³-hybridized carbons (Fsp3) is 0.176. The molecule has 0 spiro atoms. The lowest BCUT2D eigenvalue weighted by Gasteiger charge is -2.21. The van der Waals surface area contributed by atoms with Gasteiger partial charge in [0.15, 0.2) is 5.78 Å². The van der Waals surface area contributed by atoms with Crippen LogP contribution in [-0.4, -0.2) is 38.1 Å². The van der Waals surface area contributed by atoms with Gasteiger partial charge in [-0.25, -0.2) is 0 Å². The Labute approximate surface area is 141 Å². The van der Waals surface area contributed by atoms with Crippen molar-refractivity contribution in [2.24, 2.45) is 0 Å². The molecule has 24 heavy (non-hydrogen) atoms. The summed E-state index contributed by atoms with van der Waals surface area (Å²) in [7, 11) is 0. The highest BCUT2D eigenvalue weighted by molar-refractivity contribution is 6.37. The van der Waals surface area contributed by atoms with Gasteiger partial charge in [0, 0.05) is 11.1 Å². The third-order valence-corrected chi connectivity index (χ3v) is 4.24. The van der Waals surface area contributed by atoms with E-state index in [1.807, 2.05) is 0 Å². The van der Waals surface area contributed by atoms with Gasteiger partial charge in [-0.2, -0.15) is 0 Å². The lowest BCUT2D eigenvalue weighted by atomic mass is 9.81. The molecule has 0 amide bonds. The Morgan fingerprint density at radius 2 is 1.58 bits per heavy atom. The first-order chi connectivity index (χ1) is 11.2. The normalized spacial score (nSPS) is 14.3. The molecule has 4 N–H and O–H groups in total. The van der Waals surface area contributed by atoms with E-state index in [1.165, 1.54) is 12.1 Å². The second-order valence-corrected chi connectivity index (χ2v) is 6.11. The lowest BCUT2D eigenvalue weighted by molar-refractivity contribution is 0.0973. The van der Waals surface area contributed by atoms with Crippen molar-refractivity contribution < 1.29 is 30.0 Å². The van der Waals surface area contributed by atoms with Gasteiger partial charge in [-0.05, 0) is 37.1 Å². The minimum atomic E-state index is -0.764.